The molecule has 4 nitrogen and oxygen atoms in total. The third-order valence-corrected chi connectivity index (χ3v) is 5.16. The Morgan fingerprint density at radius 1 is 1.12 bits per heavy atom. The van der Waals surface area contributed by atoms with Crippen LogP contribution in [-0.2, 0) is 9.53 Å². The summed E-state index contributed by atoms with van der Waals surface area (Å²) in [4.78, 5) is 12.3. The number of esters is 1. The topological polar surface area (TPSA) is 64.4 Å². The van der Waals surface area contributed by atoms with E-state index in [1.165, 1.54) is 22.3 Å². The third kappa shape index (κ3) is 2.62. The smallest absolute Gasteiger partial charge is 0.324 e. The molecule has 1 heterocycles. The lowest BCUT2D eigenvalue weighted by molar-refractivity contribution is -0.146. The van der Waals surface area contributed by atoms with Crippen LogP contribution in [0.15, 0.2) is 48.5 Å². The minimum atomic E-state index is -0.584. The van der Waals surface area contributed by atoms with Crippen molar-refractivity contribution in [3.8, 4) is 11.1 Å². The van der Waals surface area contributed by atoms with Gasteiger partial charge in [-0.1, -0.05) is 48.5 Å². The maximum absolute atomic E-state index is 12.3. The van der Waals surface area contributed by atoms with Crippen molar-refractivity contribution < 1.29 is 9.53 Å². The van der Waals surface area contributed by atoms with Crippen LogP contribution in [0.5, 0.6) is 0 Å². The molecule has 0 spiro atoms. The van der Waals surface area contributed by atoms with Crippen molar-refractivity contribution in [2.45, 2.75) is 30.8 Å². The fraction of sp³-hybridized carbons (Fsp3) is 0.350. The normalized spacial score (nSPS) is 20.5. The molecule has 24 heavy (non-hydrogen) atoms. The van der Waals surface area contributed by atoms with E-state index in [9.17, 15) is 4.79 Å². The van der Waals surface area contributed by atoms with Crippen LogP contribution in [0.3, 0.4) is 0 Å². The highest BCUT2D eigenvalue weighted by Gasteiger charge is 2.32. The molecule has 2 atom stereocenters. The van der Waals surface area contributed by atoms with Crippen molar-refractivity contribution in [2.24, 2.45) is 5.73 Å². The monoisotopic (exact) mass is 322 g/mol. The third-order valence-electron chi connectivity index (χ3n) is 5.16. The molecule has 124 valence electrons. The molecule has 0 unspecified atom stereocenters. The average Bonchev–Trinajstić information content (AvgIpc) is 3.26. The first-order chi connectivity index (χ1) is 11.8. The molecule has 1 aliphatic heterocycles. The number of fused-ring (bicyclic) bond motifs is 3. The lowest BCUT2D eigenvalue weighted by Gasteiger charge is -2.20. The van der Waals surface area contributed by atoms with Gasteiger partial charge in [0, 0.05) is 12.0 Å². The Bertz CT molecular complexity index is 707. The molecule has 2 aromatic rings. The second kappa shape index (κ2) is 6.38. The summed E-state index contributed by atoms with van der Waals surface area (Å²) < 4.78 is 5.61. The van der Waals surface area contributed by atoms with Crippen LogP contribution in [0.2, 0.25) is 0 Å². The maximum atomic E-state index is 12.3. The summed E-state index contributed by atoms with van der Waals surface area (Å²) in [6, 6.07) is 16.1. The highest BCUT2D eigenvalue weighted by molar-refractivity contribution is 5.80. The SMILES string of the molecule is N[C@H](C(=O)OCC1c2ccccc2-c2ccccc21)[C@@H]1CCCN1. The molecule has 2 aromatic carbocycles. The highest BCUT2D eigenvalue weighted by Crippen LogP contribution is 2.44. The zero-order chi connectivity index (χ0) is 16.5. The van der Waals surface area contributed by atoms with E-state index in [1.54, 1.807) is 0 Å². The molecule has 0 radical (unpaired) electrons. The molecule has 2 aliphatic rings. The van der Waals surface area contributed by atoms with E-state index in [0.717, 1.165) is 19.4 Å². The second-order valence-electron chi connectivity index (χ2n) is 6.59. The quantitative estimate of drug-likeness (QED) is 0.849. The Balaban J connectivity index is 1.51. The van der Waals surface area contributed by atoms with Crippen LogP contribution in [-0.4, -0.2) is 31.2 Å². The molecule has 4 rings (SSSR count). The van der Waals surface area contributed by atoms with Crippen molar-refractivity contribution in [3.63, 3.8) is 0 Å². The minimum absolute atomic E-state index is 0.0423. The molecule has 0 aromatic heterocycles. The number of hydrogen-bond acceptors (Lipinski definition) is 4. The number of carbonyl (C=O) groups is 1. The molecule has 1 saturated heterocycles. The van der Waals surface area contributed by atoms with Gasteiger partial charge in [-0.05, 0) is 41.6 Å². The molecular formula is C20H22N2O2. The fourth-order valence-corrected chi connectivity index (χ4v) is 3.88. The van der Waals surface area contributed by atoms with E-state index in [4.69, 9.17) is 10.5 Å². The molecular weight excluding hydrogens is 300 g/mol. The van der Waals surface area contributed by atoms with Gasteiger partial charge in [0.25, 0.3) is 0 Å². The van der Waals surface area contributed by atoms with Crippen LogP contribution in [0.25, 0.3) is 11.1 Å². The van der Waals surface area contributed by atoms with Crippen molar-refractivity contribution in [1.82, 2.24) is 5.32 Å². The number of nitrogens with two attached hydrogens (primary N) is 1. The summed E-state index contributed by atoms with van der Waals surface area (Å²) in [5.74, 6) is -0.221. The number of nitrogens with one attached hydrogen (secondary N) is 1. The van der Waals surface area contributed by atoms with Gasteiger partial charge in [-0.15, -0.1) is 0 Å². The number of ether oxygens (including phenoxy) is 1. The summed E-state index contributed by atoms with van der Waals surface area (Å²) in [6.07, 6.45) is 2.00. The van der Waals surface area contributed by atoms with Crippen LogP contribution in [0.4, 0.5) is 0 Å². The molecule has 1 aliphatic carbocycles. The Labute approximate surface area is 142 Å². The Morgan fingerprint density at radius 3 is 2.33 bits per heavy atom. The molecule has 0 amide bonds. The summed E-state index contributed by atoms with van der Waals surface area (Å²) in [5, 5.41) is 3.27. The fourth-order valence-electron chi connectivity index (χ4n) is 3.88. The predicted molar refractivity (Wildman–Crippen MR) is 93.7 cm³/mol. The number of rotatable bonds is 4. The van der Waals surface area contributed by atoms with E-state index >= 15 is 0 Å². The van der Waals surface area contributed by atoms with Crippen LogP contribution < -0.4 is 11.1 Å². The summed E-state index contributed by atoms with van der Waals surface area (Å²) in [6.45, 7) is 1.27. The molecule has 0 saturated carbocycles. The lowest BCUT2D eigenvalue weighted by atomic mass is 9.98. The van der Waals surface area contributed by atoms with E-state index in [0.29, 0.717) is 6.61 Å². The van der Waals surface area contributed by atoms with Crippen LogP contribution in [0.1, 0.15) is 29.9 Å². The first-order valence-electron chi connectivity index (χ1n) is 8.59. The highest BCUT2D eigenvalue weighted by atomic mass is 16.5. The van der Waals surface area contributed by atoms with Gasteiger partial charge >= 0.3 is 5.97 Å². The van der Waals surface area contributed by atoms with E-state index in [-0.39, 0.29) is 17.9 Å². The van der Waals surface area contributed by atoms with Crippen molar-refractivity contribution in [2.75, 3.05) is 13.2 Å². The summed E-state index contributed by atoms with van der Waals surface area (Å²) in [5.41, 5.74) is 11.0. The van der Waals surface area contributed by atoms with Gasteiger partial charge in [-0.2, -0.15) is 0 Å². The largest absolute Gasteiger partial charge is 0.463 e. The zero-order valence-electron chi connectivity index (χ0n) is 13.6. The zero-order valence-corrected chi connectivity index (χ0v) is 13.6. The standard InChI is InChI=1S/C20H22N2O2/c21-19(18-10-5-11-22-18)20(23)24-12-17-15-8-3-1-6-13(15)14-7-2-4-9-16(14)17/h1-4,6-9,17-19,22H,5,10-12,21H2/t18-,19-/m0/s1. The van der Waals surface area contributed by atoms with Crippen LogP contribution in [0, 0.1) is 0 Å². The Kier molecular flexibility index (Phi) is 4.08. The summed E-state index contributed by atoms with van der Waals surface area (Å²) >= 11 is 0. The van der Waals surface area contributed by atoms with E-state index < -0.39 is 6.04 Å². The number of hydrogen-bond donors (Lipinski definition) is 2. The van der Waals surface area contributed by atoms with Gasteiger partial charge < -0.3 is 15.8 Å². The molecule has 4 heteroatoms. The maximum Gasteiger partial charge on any atom is 0.324 e. The first kappa shape index (κ1) is 15.4. The van der Waals surface area contributed by atoms with E-state index in [2.05, 4.69) is 29.6 Å². The van der Waals surface area contributed by atoms with Crippen molar-refractivity contribution in [1.29, 1.82) is 0 Å². The Hall–Kier alpha value is -2.17. The molecule has 3 N–H and O–H groups in total. The first-order valence-corrected chi connectivity index (χ1v) is 8.59. The lowest BCUT2D eigenvalue weighted by Crippen LogP contribution is -2.47. The number of carbonyl (C=O) groups excluding carboxylic acids is 1. The van der Waals surface area contributed by atoms with Crippen molar-refractivity contribution >= 4 is 5.97 Å². The van der Waals surface area contributed by atoms with Gasteiger partial charge in [0.2, 0.25) is 0 Å². The van der Waals surface area contributed by atoms with Gasteiger partial charge in [0.1, 0.15) is 12.6 Å². The predicted octanol–water partition coefficient (Wildman–Crippen LogP) is 2.42. The van der Waals surface area contributed by atoms with Gasteiger partial charge in [-0.3, -0.25) is 4.79 Å². The van der Waals surface area contributed by atoms with Gasteiger partial charge in [0.15, 0.2) is 0 Å². The van der Waals surface area contributed by atoms with Crippen molar-refractivity contribution in [3.05, 3.63) is 59.7 Å². The Morgan fingerprint density at radius 2 is 1.75 bits per heavy atom. The van der Waals surface area contributed by atoms with Gasteiger partial charge in [0.05, 0.1) is 0 Å². The average molecular weight is 322 g/mol. The van der Waals surface area contributed by atoms with E-state index in [1.807, 2.05) is 24.3 Å². The minimum Gasteiger partial charge on any atom is -0.463 e. The molecule has 0 bridgehead atoms. The molecule has 1 fully saturated rings. The van der Waals surface area contributed by atoms with Crippen LogP contribution >= 0.6 is 0 Å². The van der Waals surface area contributed by atoms with Gasteiger partial charge in [-0.25, -0.2) is 0 Å². The number of benzene rings is 2. The summed E-state index contributed by atoms with van der Waals surface area (Å²) in [7, 11) is 0. The second-order valence-corrected chi connectivity index (χ2v) is 6.59.